The summed E-state index contributed by atoms with van der Waals surface area (Å²) in [4.78, 5) is 29.6. The number of unbranched alkanes of at least 4 members (excludes halogenated alkanes) is 1. The van der Waals surface area contributed by atoms with Gasteiger partial charge in [-0.3, -0.25) is 13.9 Å². The number of sulfonamides is 1. The minimum absolute atomic E-state index is 0.0299. The highest BCUT2D eigenvalue weighted by Gasteiger charge is 2.34. The molecule has 10 heteroatoms. The summed E-state index contributed by atoms with van der Waals surface area (Å²) < 4.78 is 29.0. The lowest BCUT2D eigenvalue weighted by atomic mass is 10.0. The van der Waals surface area contributed by atoms with Gasteiger partial charge in [-0.2, -0.15) is 0 Å². The Morgan fingerprint density at radius 3 is 2.07 bits per heavy atom. The predicted octanol–water partition coefficient (Wildman–Crippen LogP) is 6.75. The molecular formula is C34H35Cl2N3O4S. The minimum Gasteiger partial charge on any atom is -0.354 e. The van der Waals surface area contributed by atoms with Crippen LogP contribution in [-0.2, 0) is 32.6 Å². The first-order valence-corrected chi connectivity index (χ1v) is 16.6. The van der Waals surface area contributed by atoms with E-state index in [-0.39, 0.29) is 29.5 Å². The number of carbonyl (C=O) groups is 2. The van der Waals surface area contributed by atoms with E-state index in [1.54, 1.807) is 60.7 Å². The zero-order valence-corrected chi connectivity index (χ0v) is 26.7. The molecule has 0 radical (unpaired) electrons. The number of benzene rings is 4. The predicted molar refractivity (Wildman–Crippen MR) is 176 cm³/mol. The standard InChI is InChI=1S/C34H35Cl2N3O4S/c1-2-3-21-37-34(41)32(23-26-11-6-4-7-12-26)38(24-27-13-10-14-29(36)22-27)33(40)25-39(30-19-17-28(35)18-20-30)44(42,43)31-15-8-5-9-16-31/h4-20,22,32H,2-3,21,23-25H2,1H3,(H,37,41). The number of carbonyl (C=O) groups excluding carboxylic acids is 2. The Kier molecular flexibility index (Phi) is 11.8. The van der Waals surface area contributed by atoms with Gasteiger partial charge in [0, 0.05) is 29.6 Å². The molecule has 0 spiro atoms. The number of halogens is 2. The molecule has 4 aromatic carbocycles. The van der Waals surface area contributed by atoms with Crippen LogP contribution in [0.3, 0.4) is 0 Å². The smallest absolute Gasteiger partial charge is 0.264 e. The molecule has 1 unspecified atom stereocenters. The monoisotopic (exact) mass is 651 g/mol. The lowest BCUT2D eigenvalue weighted by Crippen LogP contribution is -2.53. The van der Waals surface area contributed by atoms with E-state index in [9.17, 15) is 18.0 Å². The topological polar surface area (TPSA) is 86.8 Å². The molecule has 1 atom stereocenters. The van der Waals surface area contributed by atoms with Crippen LogP contribution in [0.25, 0.3) is 0 Å². The Bertz CT molecular complexity index is 1640. The molecule has 0 aromatic heterocycles. The van der Waals surface area contributed by atoms with Gasteiger partial charge in [0.05, 0.1) is 10.6 Å². The molecule has 1 N–H and O–H groups in total. The summed E-state index contributed by atoms with van der Waals surface area (Å²) in [6.45, 7) is 1.98. The van der Waals surface area contributed by atoms with Crippen LogP contribution in [0.2, 0.25) is 10.0 Å². The van der Waals surface area contributed by atoms with Crippen molar-refractivity contribution in [1.82, 2.24) is 10.2 Å². The van der Waals surface area contributed by atoms with E-state index in [2.05, 4.69) is 5.32 Å². The van der Waals surface area contributed by atoms with E-state index in [1.807, 2.05) is 43.3 Å². The molecule has 0 fully saturated rings. The third-order valence-electron chi connectivity index (χ3n) is 7.07. The molecule has 0 heterocycles. The van der Waals surface area contributed by atoms with Crippen LogP contribution in [0.1, 0.15) is 30.9 Å². The first kappa shape index (κ1) is 33.1. The molecule has 0 aliphatic rings. The first-order chi connectivity index (χ1) is 21.2. The molecule has 44 heavy (non-hydrogen) atoms. The Morgan fingerprint density at radius 1 is 0.795 bits per heavy atom. The van der Waals surface area contributed by atoms with Crippen LogP contribution in [0.4, 0.5) is 5.69 Å². The lowest BCUT2D eigenvalue weighted by molar-refractivity contribution is -0.140. The number of rotatable bonds is 14. The van der Waals surface area contributed by atoms with Crippen LogP contribution >= 0.6 is 23.2 Å². The minimum atomic E-state index is -4.18. The summed E-state index contributed by atoms with van der Waals surface area (Å²) in [6.07, 6.45) is 1.91. The third-order valence-corrected chi connectivity index (χ3v) is 9.34. The summed E-state index contributed by atoms with van der Waals surface area (Å²) >= 11 is 12.4. The van der Waals surface area contributed by atoms with Crippen molar-refractivity contribution in [1.29, 1.82) is 0 Å². The maximum absolute atomic E-state index is 14.4. The van der Waals surface area contributed by atoms with E-state index in [1.165, 1.54) is 17.0 Å². The van der Waals surface area contributed by atoms with Gasteiger partial charge < -0.3 is 10.2 Å². The zero-order valence-electron chi connectivity index (χ0n) is 24.4. The van der Waals surface area contributed by atoms with Gasteiger partial charge in [-0.25, -0.2) is 8.42 Å². The third kappa shape index (κ3) is 8.85. The van der Waals surface area contributed by atoms with Crippen molar-refractivity contribution in [2.45, 2.75) is 43.7 Å². The molecule has 230 valence electrons. The van der Waals surface area contributed by atoms with Gasteiger partial charge in [0.25, 0.3) is 10.0 Å². The van der Waals surface area contributed by atoms with E-state index < -0.39 is 28.5 Å². The summed E-state index contributed by atoms with van der Waals surface area (Å²) in [5.41, 5.74) is 1.83. The Balaban J connectivity index is 1.78. The fourth-order valence-corrected chi connectivity index (χ4v) is 6.52. The van der Waals surface area contributed by atoms with E-state index in [0.29, 0.717) is 22.2 Å². The fourth-order valence-electron chi connectivity index (χ4n) is 4.75. The Hall–Kier alpha value is -3.85. The first-order valence-electron chi connectivity index (χ1n) is 14.4. The molecule has 0 saturated carbocycles. The van der Waals surface area contributed by atoms with Crippen LogP contribution in [0.15, 0.2) is 114 Å². The van der Waals surface area contributed by atoms with Crippen LogP contribution in [0.5, 0.6) is 0 Å². The second kappa shape index (κ2) is 15.7. The van der Waals surface area contributed by atoms with Crippen molar-refractivity contribution in [2.75, 3.05) is 17.4 Å². The van der Waals surface area contributed by atoms with Crippen molar-refractivity contribution in [3.05, 3.63) is 130 Å². The van der Waals surface area contributed by atoms with E-state index >= 15 is 0 Å². The van der Waals surface area contributed by atoms with Crippen molar-refractivity contribution in [2.24, 2.45) is 0 Å². The highest BCUT2D eigenvalue weighted by atomic mass is 35.5. The molecule has 4 rings (SSSR count). The molecule has 0 saturated heterocycles. The summed E-state index contributed by atoms with van der Waals surface area (Å²) in [5, 5.41) is 3.88. The van der Waals surface area contributed by atoms with Crippen molar-refractivity contribution < 1.29 is 18.0 Å². The Labute approximate surface area is 269 Å². The highest BCUT2D eigenvalue weighted by Crippen LogP contribution is 2.26. The number of hydrogen-bond donors (Lipinski definition) is 1. The van der Waals surface area contributed by atoms with Crippen LogP contribution in [-0.4, -0.2) is 44.3 Å². The molecule has 0 aliphatic heterocycles. The van der Waals surface area contributed by atoms with Crippen LogP contribution < -0.4 is 9.62 Å². The number of amides is 2. The van der Waals surface area contributed by atoms with Crippen molar-refractivity contribution in [3.8, 4) is 0 Å². The van der Waals surface area contributed by atoms with E-state index in [4.69, 9.17) is 23.2 Å². The summed E-state index contributed by atoms with van der Waals surface area (Å²) in [7, 11) is -4.18. The maximum Gasteiger partial charge on any atom is 0.264 e. The largest absolute Gasteiger partial charge is 0.354 e. The SMILES string of the molecule is CCCCNC(=O)C(Cc1ccccc1)N(Cc1cccc(Cl)c1)C(=O)CN(c1ccc(Cl)cc1)S(=O)(=O)c1ccccc1. The average molecular weight is 653 g/mol. The number of anilines is 1. The number of nitrogens with zero attached hydrogens (tertiary/aromatic N) is 2. The molecular weight excluding hydrogens is 617 g/mol. The van der Waals surface area contributed by atoms with E-state index in [0.717, 1.165) is 22.7 Å². The number of nitrogens with one attached hydrogen (secondary N) is 1. The van der Waals surface area contributed by atoms with Gasteiger partial charge in [-0.1, -0.05) is 97.2 Å². The molecule has 0 aliphatic carbocycles. The maximum atomic E-state index is 14.4. The highest BCUT2D eigenvalue weighted by molar-refractivity contribution is 7.92. The van der Waals surface area contributed by atoms with Gasteiger partial charge in [-0.05, 0) is 66.1 Å². The summed E-state index contributed by atoms with van der Waals surface area (Å²) in [6, 6.07) is 29.7. The quantitative estimate of drug-likeness (QED) is 0.153. The Morgan fingerprint density at radius 2 is 1.43 bits per heavy atom. The molecule has 7 nitrogen and oxygen atoms in total. The van der Waals surface area contributed by atoms with Gasteiger partial charge in [0.15, 0.2) is 0 Å². The van der Waals surface area contributed by atoms with Gasteiger partial charge >= 0.3 is 0 Å². The second-order valence-corrected chi connectivity index (χ2v) is 13.0. The van der Waals surface area contributed by atoms with Crippen molar-refractivity contribution >= 4 is 50.7 Å². The number of hydrogen-bond acceptors (Lipinski definition) is 4. The lowest BCUT2D eigenvalue weighted by Gasteiger charge is -2.34. The average Bonchev–Trinajstić information content (AvgIpc) is 3.03. The molecule has 0 bridgehead atoms. The van der Waals surface area contributed by atoms with Crippen molar-refractivity contribution in [3.63, 3.8) is 0 Å². The molecule has 4 aromatic rings. The normalized spacial score (nSPS) is 11.9. The summed E-state index contributed by atoms with van der Waals surface area (Å²) in [5.74, 6) is -0.868. The van der Waals surface area contributed by atoms with Crippen LogP contribution in [0, 0.1) is 0 Å². The molecule has 2 amide bonds. The van der Waals surface area contributed by atoms with Gasteiger partial charge in [-0.15, -0.1) is 0 Å². The zero-order chi connectivity index (χ0) is 31.5. The van der Waals surface area contributed by atoms with Gasteiger partial charge in [0.1, 0.15) is 12.6 Å². The van der Waals surface area contributed by atoms with Gasteiger partial charge in [0.2, 0.25) is 11.8 Å². The second-order valence-electron chi connectivity index (χ2n) is 10.3. The fraction of sp³-hybridized carbons (Fsp3) is 0.235.